The summed E-state index contributed by atoms with van der Waals surface area (Å²) in [7, 11) is 2.17. The lowest BCUT2D eigenvalue weighted by Gasteiger charge is -2.50. The molecule has 0 bridgehead atoms. The van der Waals surface area contributed by atoms with E-state index in [0.29, 0.717) is 19.6 Å². The molecule has 6 heteroatoms. The van der Waals surface area contributed by atoms with Crippen LogP contribution in [0.1, 0.15) is 32.1 Å². The van der Waals surface area contributed by atoms with Gasteiger partial charge in [-0.15, -0.1) is 6.58 Å². The van der Waals surface area contributed by atoms with Gasteiger partial charge >= 0.3 is 6.03 Å². The number of hydrogen-bond donors (Lipinski definition) is 2. The zero-order chi connectivity index (χ0) is 17.4. The van der Waals surface area contributed by atoms with E-state index in [9.17, 15) is 4.79 Å². The van der Waals surface area contributed by atoms with Crippen molar-refractivity contribution in [2.24, 2.45) is 0 Å². The summed E-state index contributed by atoms with van der Waals surface area (Å²) in [6, 6.07) is -0.0979. The molecule has 2 aliphatic rings. The van der Waals surface area contributed by atoms with Crippen LogP contribution in [0.4, 0.5) is 4.79 Å². The molecule has 0 spiro atoms. The largest absolute Gasteiger partial charge is 0.395 e. The van der Waals surface area contributed by atoms with Gasteiger partial charge in [-0.2, -0.15) is 0 Å². The van der Waals surface area contributed by atoms with E-state index >= 15 is 0 Å². The smallest absolute Gasteiger partial charge is 0.317 e. The van der Waals surface area contributed by atoms with Crippen LogP contribution in [0.5, 0.6) is 0 Å². The maximum atomic E-state index is 12.5. The van der Waals surface area contributed by atoms with Gasteiger partial charge < -0.3 is 20.2 Å². The lowest BCUT2D eigenvalue weighted by atomic mass is 9.84. The summed E-state index contributed by atoms with van der Waals surface area (Å²) in [6.45, 7) is 9.63. The van der Waals surface area contributed by atoms with Crippen molar-refractivity contribution in [3.8, 4) is 0 Å². The van der Waals surface area contributed by atoms with Crippen LogP contribution in [0.2, 0.25) is 0 Å². The van der Waals surface area contributed by atoms with E-state index in [1.54, 1.807) is 11.0 Å². The third-order valence-electron chi connectivity index (χ3n) is 5.52. The first-order valence-corrected chi connectivity index (χ1v) is 9.29. The number of rotatable bonds is 7. The average Bonchev–Trinajstić information content (AvgIpc) is 2.62. The highest BCUT2D eigenvalue weighted by atomic mass is 16.3. The summed E-state index contributed by atoms with van der Waals surface area (Å²) in [5, 5.41) is 12.3. The number of hydrogen-bond acceptors (Lipinski definition) is 4. The van der Waals surface area contributed by atoms with Gasteiger partial charge in [0, 0.05) is 25.2 Å². The van der Waals surface area contributed by atoms with Crippen molar-refractivity contribution in [1.29, 1.82) is 0 Å². The fraction of sp³-hybridized carbons (Fsp3) is 0.833. The Balaban J connectivity index is 1.99. The molecule has 138 valence electrons. The standard InChI is InChI=1S/C18H34N4O2/c1-3-9-21(14-15-23)17(24)19-16-18(7-12-20(2)13-8-18)22-10-5-4-6-11-22/h3,23H,1,4-16H2,2H3,(H,19,24). The zero-order valence-electron chi connectivity index (χ0n) is 15.2. The molecule has 2 fully saturated rings. The molecule has 0 saturated carbocycles. The Morgan fingerprint density at radius 1 is 1.25 bits per heavy atom. The molecule has 0 atom stereocenters. The minimum atomic E-state index is -0.0979. The number of likely N-dealkylation sites (tertiary alicyclic amines) is 2. The van der Waals surface area contributed by atoms with Crippen molar-refractivity contribution in [2.45, 2.75) is 37.6 Å². The number of carbonyl (C=O) groups excluding carboxylic acids is 1. The van der Waals surface area contributed by atoms with Gasteiger partial charge in [0.15, 0.2) is 0 Å². The third-order valence-corrected chi connectivity index (χ3v) is 5.52. The van der Waals surface area contributed by atoms with Crippen molar-refractivity contribution in [3.05, 3.63) is 12.7 Å². The molecule has 2 N–H and O–H groups in total. The summed E-state index contributed by atoms with van der Waals surface area (Å²) < 4.78 is 0. The molecule has 0 aromatic carbocycles. The van der Waals surface area contributed by atoms with Gasteiger partial charge in [0.1, 0.15) is 0 Å². The van der Waals surface area contributed by atoms with Gasteiger partial charge in [0.2, 0.25) is 0 Å². The molecule has 0 aromatic heterocycles. The van der Waals surface area contributed by atoms with Crippen LogP contribution in [0.15, 0.2) is 12.7 Å². The number of aliphatic hydroxyl groups excluding tert-OH is 1. The average molecular weight is 338 g/mol. The van der Waals surface area contributed by atoms with E-state index in [1.807, 2.05) is 0 Å². The summed E-state index contributed by atoms with van der Waals surface area (Å²) >= 11 is 0. The first-order valence-electron chi connectivity index (χ1n) is 9.29. The predicted octanol–water partition coefficient (Wildman–Crippen LogP) is 1.13. The van der Waals surface area contributed by atoms with Gasteiger partial charge in [0.25, 0.3) is 0 Å². The van der Waals surface area contributed by atoms with Crippen molar-refractivity contribution in [3.63, 3.8) is 0 Å². The molecule has 2 heterocycles. The topological polar surface area (TPSA) is 59.1 Å². The Morgan fingerprint density at radius 3 is 2.50 bits per heavy atom. The first kappa shape index (κ1) is 19.2. The van der Waals surface area contributed by atoms with Gasteiger partial charge in [0.05, 0.1) is 6.61 Å². The lowest BCUT2D eigenvalue weighted by Crippen LogP contribution is -2.62. The Kier molecular flexibility index (Phi) is 7.52. The molecule has 0 unspecified atom stereocenters. The lowest BCUT2D eigenvalue weighted by molar-refractivity contribution is 0.0154. The van der Waals surface area contributed by atoms with Crippen molar-refractivity contribution < 1.29 is 9.90 Å². The molecular formula is C18H34N4O2. The molecule has 0 aromatic rings. The Labute approximate surface area is 146 Å². The van der Waals surface area contributed by atoms with Crippen LogP contribution < -0.4 is 5.32 Å². The fourth-order valence-corrected chi connectivity index (χ4v) is 3.91. The maximum Gasteiger partial charge on any atom is 0.317 e. The molecule has 2 aliphatic heterocycles. The third kappa shape index (κ3) is 4.94. The van der Waals surface area contributed by atoms with Crippen LogP contribution in [-0.4, -0.2) is 90.8 Å². The van der Waals surface area contributed by atoms with Crippen LogP contribution in [-0.2, 0) is 0 Å². The van der Waals surface area contributed by atoms with Crippen LogP contribution in [0, 0.1) is 0 Å². The number of carbonyl (C=O) groups is 1. The van der Waals surface area contributed by atoms with Gasteiger partial charge in [-0.05, 0) is 58.9 Å². The summed E-state index contributed by atoms with van der Waals surface area (Å²) in [6.07, 6.45) is 7.75. The number of urea groups is 1. The Bertz CT molecular complexity index is 402. The van der Waals surface area contributed by atoms with E-state index in [0.717, 1.165) is 39.0 Å². The minimum Gasteiger partial charge on any atom is -0.395 e. The van der Waals surface area contributed by atoms with Crippen molar-refractivity contribution >= 4 is 6.03 Å². The van der Waals surface area contributed by atoms with E-state index in [1.165, 1.54) is 19.3 Å². The first-order chi connectivity index (χ1) is 11.6. The second-order valence-electron chi connectivity index (χ2n) is 7.19. The highest BCUT2D eigenvalue weighted by Gasteiger charge is 2.40. The molecule has 2 amide bonds. The quantitative estimate of drug-likeness (QED) is 0.683. The van der Waals surface area contributed by atoms with Crippen molar-refractivity contribution in [1.82, 2.24) is 20.0 Å². The molecule has 24 heavy (non-hydrogen) atoms. The van der Waals surface area contributed by atoms with Gasteiger partial charge in [-0.3, -0.25) is 4.90 Å². The zero-order valence-corrected chi connectivity index (χ0v) is 15.2. The van der Waals surface area contributed by atoms with E-state index < -0.39 is 0 Å². The maximum absolute atomic E-state index is 12.5. The SMILES string of the molecule is C=CCN(CCO)C(=O)NCC1(N2CCCCC2)CCN(C)CC1. The molecule has 6 nitrogen and oxygen atoms in total. The number of piperidine rings is 2. The monoisotopic (exact) mass is 338 g/mol. The normalized spacial score (nSPS) is 22.1. The Morgan fingerprint density at radius 2 is 1.92 bits per heavy atom. The second-order valence-corrected chi connectivity index (χ2v) is 7.19. The minimum absolute atomic E-state index is 0.0245. The number of aliphatic hydroxyl groups is 1. The van der Waals surface area contributed by atoms with Crippen LogP contribution in [0.25, 0.3) is 0 Å². The molecular weight excluding hydrogens is 304 g/mol. The van der Waals surface area contributed by atoms with Crippen molar-refractivity contribution in [2.75, 3.05) is 59.5 Å². The Hall–Kier alpha value is -1.11. The number of amides is 2. The van der Waals surface area contributed by atoms with E-state index in [-0.39, 0.29) is 18.2 Å². The predicted molar refractivity (Wildman–Crippen MR) is 97.1 cm³/mol. The summed E-state index contributed by atoms with van der Waals surface area (Å²) in [5.41, 5.74) is 0.0850. The van der Waals surface area contributed by atoms with Crippen LogP contribution >= 0.6 is 0 Å². The van der Waals surface area contributed by atoms with Crippen LogP contribution in [0.3, 0.4) is 0 Å². The fourth-order valence-electron chi connectivity index (χ4n) is 3.91. The number of nitrogens with one attached hydrogen (secondary N) is 1. The summed E-state index contributed by atoms with van der Waals surface area (Å²) in [4.78, 5) is 19.1. The molecule has 0 radical (unpaired) electrons. The van der Waals surface area contributed by atoms with E-state index in [4.69, 9.17) is 5.11 Å². The molecule has 2 saturated heterocycles. The highest BCUT2D eigenvalue weighted by Crippen LogP contribution is 2.30. The van der Waals surface area contributed by atoms with Gasteiger partial charge in [-0.25, -0.2) is 4.79 Å². The molecule has 0 aliphatic carbocycles. The highest BCUT2D eigenvalue weighted by molar-refractivity contribution is 5.74. The molecule has 2 rings (SSSR count). The second kappa shape index (κ2) is 9.39. The van der Waals surface area contributed by atoms with Gasteiger partial charge in [-0.1, -0.05) is 12.5 Å². The van der Waals surface area contributed by atoms with E-state index in [2.05, 4.69) is 28.7 Å². The number of nitrogens with zero attached hydrogens (tertiary/aromatic N) is 3. The summed E-state index contributed by atoms with van der Waals surface area (Å²) in [5.74, 6) is 0.